The van der Waals surface area contributed by atoms with E-state index in [0.717, 1.165) is 20.1 Å². The maximum atomic E-state index is 11.9. The van der Waals surface area contributed by atoms with E-state index in [0.29, 0.717) is 0 Å². The van der Waals surface area contributed by atoms with Crippen molar-refractivity contribution in [2.45, 2.75) is 19.6 Å². The number of hydrogen-bond acceptors (Lipinski definition) is 4. The molecule has 0 radical (unpaired) electrons. The van der Waals surface area contributed by atoms with Gasteiger partial charge in [-0.3, -0.25) is 4.79 Å². The van der Waals surface area contributed by atoms with E-state index in [1.54, 1.807) is 0 Å². The normalized spacial score (nSPS) is 10.2. The molecular formula is C19H16Br2O4. The summed E-state index contributed by atoms with van der Waals surface area (Å²) in [6, 6.07) is 14.9. The SMILES string of the molecule is C=C(CC(=O)OCc1ccccc1Br)C(=O)OCc1ccccc1Br. The molecule has 0 aliphatic rings. The fourth-order valence-corrected chi connectivity index (χ4v) is 2.73. The maximum absolute atomic E-state index is 11.9. The molecule has 0 saturated heterocycles. The number of carbonyl (C=O) groups is 2. The molecule has 130 valence electrons. The Morgan fingerprint density at radius 2 is 1.32 bits per heavy atom. The van der Waals surface area contributed by atoms with Gasteiger partial charge in [-0.25, -0.2) is 4.79 Å². The summed E-state index contributed by atoms with van der Waals surface area (Å²) in [4.78, 5) is 23.8. The van der Waals surface area contributed by atoms with E-state index in [4.69, 9.17) is 9.47 Å². The molecule has 0 amide bonds. The van der Waals surface area contributed by atoms with Gasteiger partial charge in [0.25, 0.3) is 0 Å². The molecule has 0 fully saturated rings. The Kier molecular flexibility index (Phi) is 7.40. The van der Waals surface area contributed by atoms with E-state index in [2.05, 4.69) is 38.4 Å². The Labute approximate surface area is 163 Å². The zero-order valence-electron chi connectivity index (χ0n) is 13.3. The topological polar surface area (TPSA) is 52.6 Å². The number of esters is 2. The molecule has 0 unspecified atom stereocenters. The average Bonchev–Trinajstić information content (AvgIpc) is 2.60. The zero-order chi connectivity index (χ0) is 18.2. The molecule has 0 spiro atoms. The predicted molar refractivity (Wildman–Crippen MR) is 102 cm³/mol. The van der Waals surface area contributed by atoms with E-state index in [1.165, 1.54) is 0 Å². The van der Waals surface area contributed by atoms with Crippen LogP contribution in [0.15, 0.2) is 69.6 Å². The second kappa shape index (κ2) is 9.53. The molecule has 0 aliphatic heterocycles. The molecular weight excluding hydrogens is 452 g/mol. The van der Waals surface area contributed by atoms with Gasteiger partial charge in [-0.05, 0) is 12.1 Å². The number of benzene rings is 2. The minimum Gasteiger partial charge on any atom is -0.461 e. The summed E-state index contributed by atoms with van der Waals surface area (Å²) < 4.78 is 12.0. The highest BCUT2D eigenvalue weighted by Gasteiger charge is 2.15. The third-order valence-corrected chi connectivity index (χ3v) is 4.86. The van der Waals surface area contributed by atoms with Crippen LogP contribution in [0.5, 0.6) is 0 Å². The molecule has 2 rings (SSSR count). The lowest BCUT2D eigenvalue weighted by molar-refractivity contribution is -0.147. The molecule has 0 saturated carbocycles. The van der Waals surface area contributed by atoms with Crippen molar-refractivity contribution in [2.75, 3.05) is 0 Å². The highest BCUT2D eigenvalue weighted by molar-refractivity contribution is 9.10. The monoisotopic (exact) mass is 466 g/mol. The van der Waals surface area contributed by atoms with Crippen molar-refractivity contribution >= 4 is 43.8 Å². The van der Waals surface area contributed by atoms with E-state index in [1.807, 2.05) is 48.5 Å². The summed E-state index contributed by atoms with van der Waals surface area (Å²) in [5.74, 6) is -1.15. The summed E-state index contributed by atoms with van der Waals surface area (Å²) in [6.07, 6.45) is -0.209. The van der Waals surface area contributed by atoms with E-state index >= 15 is 0 Å². The van der Waals surface area contributed by atoms with Crippen molar-refractivity contribution in [3.05, 3.63) is 80.8 Å². The Bertz CT molecular complexity index is 786. The van der Waals surface area contributed by atoms with Gasteiger partial charge in [0.05, 0.1) is 6.42 Å². The van der Waals surface area contributed by atoms with Crippen molar-refractivity contribution in [2.24, 2.45) is 0 Å². The van der Waals surface area contributed by atoms with Gasteiger partial charge in [-0.2, -0.15) is 0 Å². The Morgan fingerprint density at radius 3 is 1.84 bits per heavy atom. The second-order valence-electron chi connectivity index (χ2n) is 5.20. The number of halogens is 2. The fraction of sp³-hybridized carbons (Fsp3) is 0.158. The summed E-state index contributed by atoms with van der Waals surface area (Å²) >= 11 is 6.76. The molecule has 0 bridgehead atoms. The number of carbonyl (C=O) groups excluding carboxylic acids is 2. The van der Waals surface area contributed by atoms with Crippen molar-refractivity contribution in [3.8, 4) is 0 Å². The van der Waals surface area contributed by atoms with Gasteiger partial charge < -0.3 is 9.47 Å². The van der Waals surface area contributed by atoms with Crippen molar-refractivity contribution < 1.29 is 19.1 Å². The van der Waals surface area contributed by atoms with Crippen molar-refractivity contribution in [1.29, 1.82) is 0 Å². The molecule has 6 heteroatoms. The van der Waals surface area contributed by atoms with Crippen LogP contribution in [-0.4, -0.2) is 11.9 Å². The Balaban J connectivity index is 1.78. The largest absolute Gasteiger partial charge is 0.461 e. The van der Waals surface area contributed by atoms with Crippen LogP contribution in [0.3, 0.4) is 0 Å². The van der Waals surface area contributed by atoms with Crippen LogP contribution >= 0.6 is 31.9 Å². The lowest BCUT2D eigenvalue weighted by Gasteiger charge is -2.09. The zero-order valence-corrected chi connectivity index (χ0v) is 16.5. The van der Waals surface area contributed by atoms with Crippen LogP contribution in [0.1, 0.15) is 17.5 Å². The molecule has 0 heterocycles. The number of ether oxygens (including phenoxy) is 2. The highest BCUT2D eigenvalue weighted by Crippen LogP contribution is 2.18. The first-order chi connectivity index (χ1) is 12.0. The summed E-state index contributed by atoms with van der Waals surface area (Å²) in [5, 5.41) is 0. The van der Waals surface area contributed by atoms with Gasteiger partial charge in [-0.1, -0.05) is 74.8 Å². The fourth-order valence-electron chi connectivity index (χ4n) is 1.93. The maximum Gasteiger partial charge on any atom is 0.334 e. The van der Waals surface area contributed by atoms with Crippen LogP contribution < -0.4 is 0 Å². The van der Waals surface area contributed by atoms with Gasteiger partial charge in [0.2, 0.25) is 0 Å². The molecule has 0 aliphatic carbocycles. The number of rotatable bonds is 7. The minimum absolute atomic E-state index is 0.0594. The molecule has 2 aromatic rings. The molecule has 2 aromatic carbocycles. The highest BCUT2D eigenvalue weighted by atomic mass is 79.9. The van der Waals surface area contributed by atoms with Gasteiger partial charge >= 0.3 is 11.9 Å². The summed E-state index contributed by atoms with van der Waals surface area (Å²) in [6.45, 7) is 3.83. The lowest BCUT2D eigenvalue weighted by Crippen LogP contribution is -2.13. The minimum atomic E-state index is -0.617. The van der Waals surface area contributed by atoms with Gasteiger partial charge in [0.15, 0.2) is 0 Å². The second-order valence-corrected chi connectivity index (χ2v) is 6.91. The Morgan fingerprint density at radius 1 is 0.840 bits per heavy atom. The van der Waals surface area contributed by atoms with Crippen LogP contribution in [0, 0.1) is 0 Å². The van der Waals surface area contributed by atoms with E-state index in [9.17, 15) is 9.59 Å². The average molecular weight is 468 g/mol. The van der Waals surface area contributed by atoms with Crippen molar-refractivity contribution in [1.82, 2.24) is 0 Å². The smallest absolute Gasteiger partial charge is 0.334 e. The summed E-state index contributed by atoms with van der Waals surface area (Å²) in [5.41, 5.74) is 1.74. The molecule has 0 atom stereocenters. The number of hydrogen-bond donors (Lipinski definition) is 0. The van der Waals surface area contributed by atoms with E-state index in [-0.39, 0.29) is 25.2 Å². The molecule has 25 heavy (non-hydrogen) atoms. The first-order valence-electron chi connectivity index (χ1n) is 7.44. The van der Waals surface area contributed by atoms with Crippen molar-refractivity contribution in [3.63, 3.8) is 0 Å². The third kappa shape index (κ3) is 6.14. The molecule has 0 N–H and O–H groups in total. The van der Waals surface area contributed by atoms with Crippen LogP contribution in [-0.2, 0) is 32.3 Å². The Hall–Kier alpha value is -1.92. The van der Waals surface area contributed by atoms with Gasteiger partial charge in [-0.15, -0.1) is 0 Å². The summed E-state index contributed by atoms with van der Waals surface area (Å²) in [7, 11) is 0. The van der Waals surface area contributed by atoms with Gasteiger partial charge in [0.1, 0.15) is 13.2 Å². The van der Waals surface area contributed by atoms with Crippen LogP contribution in [0.25, 0.3) is 0 Å². The first-order valence-corrected chi connectivity index (χ1v) is 9.03. The quantitative estimate of drug-likeness (QED) is 0.427. The predicted octanol–water partition coefficient (Wildman–Crippen LogP) is 4.94. The van der Waals surface area contributed by atoms with E-state index < -0.39 is 11.9 Å². The standard InChI is InChI=1S/C19H16Br2O4/c1-13(19(23)25-12-15-7-3-5-9-17(15)21)10-18(22)24-11-14-6-2-4-8-16(14)20/h2-9H,1,10-12H2. The van der Waals surface area contributed by atoms with Crippen LogP contribution in [0.4, 0.5) is 0 Å². The molecule has 0 aromatic heterocycles. The van der Waals surface area contributed by atoms with Crippen LogP contribution in [0.2, 0.25) is 0 Å². The van der Waals surface area contributed by atoms with Gasteiger partial charge in [0, 0.05) is 25.6 Å². The third-order valence-electron chi connectivity index (χ3n) is 3.31. The molecule has 4 nitrogen and oxygen atoms in total. The lowest BCUT2D eigenvalue weighted by atomic mass is 10.2. The first kappa shape index (κ1) is 19.4.